The van der Waals surface area contributed by atoms with Crippen molar-refractivity contribution in [1.29, 1.82) is 0 Å². The molecule has 0 saturated carbocycles. The highest BCUT2D eigenvalue weighted by molar-refractivity contribution is 5.95. The van der Waals surface area contributed by atoms with Gasteiger partial charge in [0, 0.05) is 12.1 Å². The van der Waals surface area contributed by atoms with Crippen molar-refractivity contribution in [3.8, 4) is 0 Å². The van der Waals surface area contributed by atoms with Gasteiger partial charge in [0.05, 0.1) is 6.04 Å². The van der Waals surface area contributed by atoms with E-state index in [4.69, 9.17) is 0 Å². The van der Waals surface area contributed by atoms with E-state index in [1.54, 1.807) is 0 Å². The van der Waals surface area contributed by atoms with Crippen molar-refractivity contribution in [3.05, 3.63) is 35.4 Å². The number of nitrogens with zero attached hydrogens (tertiary/aromatic N) is 1. The van der Waals surface area contributed by atoms with E-state index >= 15 is 0 Å². The van der Waals surface area contributed by atoms with E-state index in [0.29, 0.717) is 19.3 Å². The van der Waals surface area contributed by atoms with E-state index in [9.17, 15) is 18.4 Å². The molecule has 0 bridgehead atoms. The first-order valence-corrected chi connectivity index (χ1v) is 5.35. The number of amides is 1. The van der Waals surface area contributed by atoms with Gasteiger partial charge in [-0.1, -0.05) is 0 Å². The van der Waals surface area contributed by atoms with Gasteiger partial charge < -0.3 is 9.69 Å². The molecule has 90 valence electrons. The van der Waals surface area contributed by atoms with Crippen LogP contribution in [0.4, 0.5) is 8.78 Å². The van der Waals surface area contributed by atoms with Crippen LogP contribution in [-0.4, -0.2) is 29.7 Å². The third-order valence-corrected chi connectivity index (χ3v) is 2.88. The van der Waals surface area contributed by atoms with Gasteiger partial charge in [0.15, 0.2) is 11.6 Å². The Morgan fingerprint density at radius 1 is 1.35 bits per heavy atom. The normalized spacial score (nSPS) is 19.4. The Labute approximate surface area is 97.0 Å². The molecule has 0 aliphatic carbocycles. The molecule has 0 aromatic heterocycles. The Morgan fingerprint density at radius 2 is 2.12 bits per heavy atom. The van der Waals surface area contributed by atoms with Gasteiger partial charge in [-0.05, 0) is 31.0 Å². The summed E-state index contributed by atoms with van der Waals surface area (Å²) in [4.78, 5) is 24.1. The molecule has 3 nitrogen and oxygen atoms in total. The van der Waals surface area contributed by atoms with E-state index < -0.39 is 23.6 Å². The number of aldehydes is 1. The summed E-state index contributed by atoms with van der Waals surface area (Å²) in [6.45, 7) is 0.473. The second-order valence-electron chi connectivity index (χ2n) is 3.97. The van der Waals surface area contributed by atoms with Gasteiger partial charge in [-0.15, -0.1) is 0 Å². The van der Waals surface area contributed by atoms with Crippen LogP contribution in [0, 0.1) is 11.6 Å². The Kier molecular flexibility index (Phi) is 3.17. The SMILES string of the molecule is O=CC1CCCN1C(=O)c1ccc(F)c(F)c1. The molecule has 2 rings (SSSR count). The van der Waals surface area contributed by atoms with Crippen LogP contribution in [0.3, 0.4) is 0 Å². The van der Waals surface area contributed by atoms with Crippen LogP contribution in [0.15, 0.2) is 18.2 Å². The van der Waals surface area contributed by atoms with Crippen LogP contribution in [0.25, 0.3) is 0 Å². The summed E-state index contributed by atoms with van der Waals surface area (Å²) in [5.41, 5.74) is 0.0673. The lowest BCUT2D eigenvalue weighted by Crippen LogP contribution is -2.36. The van der Waals surface area contributed by atoms with Crippen LogP contribution in [0.1, 0.15) is 23.2 Å². The van der Waals surface area contributed by atoms with Gasteiger partial charge in [0.25, 0.3) is 5.91 Å². The van der Waals surface area contributed by atoms with Crippen LogP contribution < -0.4 is 0 Å². The van der Waals surface area contributed by atoms with Crippen molar-refractivity contribution in [2.75, 3.05) is 6.54 Å². The molecule has 1 unspecified atom stereocenters. The largest absolute Gasteiger partial charge is 0.329 e. The van der Waals surface area contributed by atoms with Gasteiger partial charge in [-0.3, -0.25) is 4.79 Å². The Morgan fingerprint density at radius 3 is 2.76 bits per heavy atom. The Balaban J connectivity index is 2.24. The van der Waals surface area contributed by atoms with Crippen molar-refractivity contribution < 1.29 is 18.4 Å². The molecule has 0 radical (unpaired) electrons. The molecule has 1 aliphatic heterocycles. The lowest BCUT2D eigenvalue weighted by Gasteiger charge is -2.20. The van der Waals surface area contributed by atoms with E-state index in [2.05, 4.69) is 0 Å². The first kappa shape index (κ1) is 11.7. The predicted octanol–water partition coefficient (Wildman–Crippen LogP) is 1.77. The number of rotatable bonds is 2. The van der Waals surface area contributed by atoms with E-state index in [0.717, 1.165) is 18.6 Å². The maximum atomic E-state index is 13.0. The lowest BCUT2D eigenvalue weighted by molar-refractivity contribution is -0.111. The summed E-state index contributed by atoms with van der Waals surface area (Å²) in [6, 6.07) is 2.54. The summed E-state index contributed by atoms with van der Waals surface area (Å²) in [7, 11) is 0. The molecular weight excluding hydrogens is 228 g/mol. The molecule has 0 N–H and O–H groups in total. The van der Waals surface area contributed by atoms with Gasteiger partial charge in [-0.2, -0.15) is 0 Å². The minimum absolute atomic E-state index is 0.0673. The highest BCUT2D eigenvalue weighted by Crippen LogP contribution is 2.19. The maximum absolute atomic E-state index is 13.0. The number of likely N-dealkylation sites (tertiary alicyclic amines) is 1. The van der Waals surface area contributed by atoms with Crippen molar-refractivity contribution in [1.82, 2.24) is 4.90 Å². The first-order chi connectivity index (χ1) is 8.13. The first-order valence-electron chi connectivity index (χ1n) is 5.35. The summed E-state index contributed by atoms with van der Waals surface area (Å²) in [6.07, 6.45) is 2.09. The van der Waals surface area contributed by atoms with Crippen molar-refractivity contribution in [3.63, 3.8) is 0 Å². The van der Waals surface area contributed by atoms with Gasteiger partial charge in [0.2, 0.25) is 0 Å². The van der Waals surface area contributed by atoms with Gasteiger partial charge >= 0.3 is 0 Å². The molecule has 17 heavy (non-hydrogen) atoms. The van der Waals surface area contributed by atoms with Crippen LogP contribution in [0.5, 0.6) is 0 Å². The van der Waals surface area contributed by atoms with E-state index in [1.807, 2.05) is 0 Å². The molecular formula is C12H11F2NO2. The van der Waals surface area contributed by atoms with Crippen molar-refractivity contribution in [2.45, 2.75) is 18.9 Å². The fraction of sp³-hybridized carbons (Fsp3) is 0.333. The highest BCUT2D eigenvalue weighted by Gasteiger charge is 2.29. The standard InChI is InChI=1S/C12H11F2NO2/c13-10-4-3-8(6-11(10)14)12(17)15-5-1-2-9(15)7-16/h3-4,6-7,9H,1-2,5H2. The molecule has 0 spiro atoms. The fourth-order valence-electron chi connectivity index (χ4n) is 1.98. The van der Waals surface area contributed by atoms with Crippen LogP contribution >= 0.6 is 0 Å². The molecule has 1 atom stereocenters. The number of halogens is 2. The molecule has 1 amide bonds. The molecule has 1 aromatic rings. The van der Waals surface area contributed by atoms with E-state index in [1.165, 1.54) is 11.0 Å². The van der Waals surface area contributed by atoms with Gasteiger partial charge in [0.1, 0.15) is 6.29 Å². The molecule has 1 heterocycles. The third kappa shape index (κ3) is 2.18. The summed E-state index contributed by atoms with van der Waals surface area (Å²) >= 11 is 0. The second-order valence-corrected chi connectivity index (χ2v) is 3.97. The van der Waals surface area contributed by atoms with Crippen molar-refractivity contribution in [2.24, 2.45) is 0 Å². The zero-order valence-electron chi connectivity index (χ0n) is 9.03. The smallest absolute Gasteiger partial charge is 0.254 e. The molecule has 1 aromatic carbocycles. The number of carbonyl (C=O) groups excluding carboxylic acids is 2. The third-order valence-electron chi connectivity index (χ3n) is 2.88. The second kappa shape index (κ2) is 4.61. The monoisotopic (exact) mass is 239 g/mol. The molecule has 1 saturated heterocycles. The van der Waals surface area contributed by atoms with E-state index in [-0.39, 0.29) is 5.56 Å². The zero-order valence-corrected chi connectivity index (χ0v) is 9.03. The topological polar surface area (TPSA) is 37.4 Å². The minimum atomic E-state index is -1.06. The number of carbonyl (C=O) groups is 2. The average Bonchev–Trinajstić information content (AvgIpc) is 2.80. The average molecular weight is 239 g/mol. The molecule has 1 fully saturated rings. The molecule has 5 heteroatoms. The van der Waals surface area contributed by atoms with Gasteiger partial charge in [-0.25, -0.2) is 8.78 Å². The lowest BCUT2D eigenvalue weighted by atomic mass is 10.1. The Bertz CT molecular complexity index is 462. The summed E-state index contributed by atoms with van der Waals surface area (Å²) < 4.78 is 25.7. The number of benzene rings is 1. The highest BCUT2D eigenvalue weighted by atomic mass is 19.2. The summed E-state index contributed by atoms with van der Waals surface area (Å²) in [5.74, 6) is -2.48. The maximum Gasteiger partial charge on any atom is 0.254 e. The quantitative estimate of drug-likeness (QED) is 0.737. The predicted molar refractivity (Wildman–Crippen MR) is 56.5 cm³/mol. The Hall–Kier alpha value is -1.78. The number of hydrogen-bond donors (Lipinski definition) is 0. The fourth-order valence-corrected chi connectivity index (χ4v) is 1.98. The number of hydrogen-bond acceptors (Lipinski definition) is 2. The van der Waals surface area contributed by atoms with Crippen LogP contribution in [-0.2, 0) is 4.79 Å². The van der Waals surface area contributed by atoms with Crippen molar-refractivity contribution >= 4 is 12.2 Å². The minimum Gasteiger partial charge on any atom is -0.329 e. The summed E-state index contributed by atoms with van der Waals surface area (Å²) in [5, 5.41) is 0. The van der Waals surface area contributed by atoms with Crippen LogP contribution in [0.2, 0.25) is 0 Å². The zero-order chi connectivity index (χ0) is 12.4. The molecule has 1 aliphatic rings.